The van der Waals surface area contributed by atoms with Crippen LogP contribution >= 0.6 is 8.20 Å². The molecule has 0 heterocycles. The highest BCUT2D eigenvalue weighted by Gasteiger charge is 2.28. The highest BCUT2D eigenvalue weighted by molar-refractivity contribution is 7.54. The third kappa shape index (κ3) is 5.85. The van der Waals surface area contributed by atoms with E-state index in [-0.39, 0.29) is 16.2 Å². The molecule has 0 atom stereocenters. The van der Waals surface area contributed by atoms with Crippen molar-refractivity contribution in [3.63, 3.8) is 0 Å². The van der Waals surface area contributed by atoms with Crippen molar-refractivity contribution in [2.45, 2.75) is 98.2 Å². The minimum absolute atomic E-state index is 0.164. The molecule has 0 aliphatic carbocycles. The van der Waals surface area contributed by atoms with Gasteiger partial charge in [0.15, 0.2) is 0 Å². The van der Waals surface area contributed by atoms with Crippen LogP contribution in [0, 0.1) is 0 Å². The van der Waals surface area contributed by atoms with Crippen LogP contribution in [0.25, 0.3) is 0 Å². The topological polar surface area (TPSA) is 0 Å². The summed E-state index contributed by atoms with van der Waals surface area (Å²) in [6.45, 7) is 28.4. The monoisotopic (exact) mass is 362 g/mol. The average molecular weight is 363 g/mol. The van der Waals surface area contributed by atoms with Crippen LogP contribution in [0.3, 0.4) is 0 Å². The highest BCUT2D eigenvalue weighted by atomic mass is 31.1. The average Bonchev–Trinajstić information content (AvgIpc) is 2.30. The van der Waals surface area contributed by atoms with E-state index >= 15 is 0 Å². The van der Waals surface area contributed by atoms with Crippen LogP contribution in [0.15, 0.2) is 12.1 Å². The quantitative estimate of drug-likeness (QED) is 0.399. The van der Waals surface area contributed by atoms with Gasteiger partial charge < -0.3 is 0 Å². The standard InChI is InChI=1S/C22H39PSi/c1-20(2,3)16-13-17(21(4,5)6)19(23-15-24(10,11)12)18(14-16)22(7,8)9/h13-15H,1-12H3. The van der Waals surface area contributed by atoms with Gasteiger partial charge in [0.25, 0.3) is 0 Å². The Morgan fingerprint density at radius 3 is 1.33 bits per heavy atom. The molecule has 1 rings (SSSR count). The van der Waals surface area contributed by atoms with Gasteiger partial charge in [-0.05, 0) is 32.9 Å². The largest absolute Gasteiger partial charge is 0.0766 e. The van der Waals surface area contributed by atoms with E-state index in [4.69, 9.17) is 0 Å². The predicted octanol–water partition coefficient (Wildman–Crippen LogP) is 6.83. The van der Waals surface area contributed by atoms with Crippen molar-refractivity contribution in [2.24, 2.45) is 0 Å². The van der Waals surface area contributed by atoms with Gasteiger partial charge in [0.2, 0.25) is 0 Å². The van der Waals surface area contributed by atoms with Gasteiger partial charge in [-0.3, -0.25) is 0 Å². The summed E-state index contributed by atoms with van der Waals surface area (Å²) in [4.78, 5) is 0. The Morgan fingerprint density at radius 2 is 1.08 bits per heavy atom. The van der Waals surface area contributed by atoms with Crippen LogP contribution < -0.4 is 5.30 Å². The summed E-state index contributed by atoms with van der Waals surface area (Å²) in [5.41, 5.74) is 7.60. The molecule has 0 unspecified atom stereocenters. The minimum atomic E-state index is -1.19. The van der Waals surface area contributed by atoms with Crippen molar-refractivity contribution in [1.82, 2.24) is 0 Å². The highest BCUT2D eigenvalue weighted by Crippen LogP contribution is 2.35. The predicted molar refractivity (Wildman–Crippen MR) is 119 cm³/mol. The van der Waals surface area contributed by atoms with E-state index in [1.807, 2.05) is 0 Å². The van der Waals surface area contributed by atoms with E-state index in [2.05, 4.69) is 99.5 Å². The first-order valence-electron chi connectivity index (χ1n) is 9.18. The van der Waals surface area contributed by atoms with Crippen molar-refractivity contribution < 1.29 is 0 Å². The molecule has 1 aromatic rings. The van der Waals surface area contributed by atoms with Gasteiger partial charge in [-0.15, -0.1) is 0 Å². The van der Waals surface area contributed by atoms with Crippen LogP contribution in [-0.4, -0.2) is 13.5 Å². The second-order valence-electron chi connectivity index (χ2n) is 11.3. The molecule has 0 saturated carbocycles. The normalized spacial score (nSPS) is 14.5. The molecule has 0 radical (unpaired) electrons. The lowest BCUT2D eigenvalue weighted by molar-refractivity contribution is 0.554. The maximum Gasteiger partial charge on any atom is 0.0741 e. The summed E-state index contributed by atoms with van der Waals surface area (Å²) in [6, 6.07) is 4.96. The Kier molecular flexibility index (Phi) is 6.07. The van der Waals surface area contributed by atoms with Crippen LogP contribution in [0.5, 0.6) is 0 Å². The van der Waals surface area contributed by atoms with Gasteiger partial charge >= 0.3 is 0 Å². The Balaban J connectivity index is 3.85. The number of rotatable bonds is 2. The lowest BCUT2D eigenvalue weighted by atomic mass is 9.75. The SMILES string of the molecule is CC(C)(C)c1cc(C(C)(C)C)c(P=C[Si](C)(C)C)c(C(C)(C)C)c1. The fourth-order valence-electron chi connectivity index (χ4n) is 2.61. The van der Waals surface area contributed by atoms with E-state index in [0.29, 0.717) is 0 Å². The molecule has 0 N–H and O–H groups in total. The van der Waals surface area contributed by atoms with Gasteiger partial charge in [-0.25, -0.2) is 0 Å². The zero-order valence-electron chi connectivity index (χ0n) is 18.2. The maximum absolute atomic E-state index is 2.59. The van der Waals surface area contributed by atoms with Gasteiger partial charge in [-0.2, -0.15) is 0 Å². The number of hydrogen-bond acceptors (Lipinski definition) is 0. The number of benzene rings is 1. The summed E-state index contributed by atoms with van der Waals surface area (Å²) in [7, 11) is 0.212. The molecule has 0 nitrogen and oxygen atoms in total. The fraction of sp³-hybridized carbons (Fsp3) is 0.682. The summed E-state index contributed by atoms with van der Waals surface area (Å²) >= 11 is 0. The first kappa shape index (κ1) is 21.6. The maximum atomic E-state index is 2.59. The van der Waals surface area contributed by atoms with Crippen LogP contribution in [-0.2, 0) is 16.2 Å². The summed E-state index contributed by atoms with van der Waals surface area (Å²) < 4.78 is 0. The second-order valence-corrected chi connectivity index (χ2v) is 17.8. The molecule has 0 fully saturated rings. The third-order valence-corrected chi connectivity index (χ3v) is 8.53. The van der Waals surface area contributed by atoms with Crippen molar-refractivity contribution in [3.8, 4) is 0 Å². The summed E-state index contributed by atoms with van der Waals surface area (Å²) in [6.07, 6.45) is 0. The molecule has 0 aliphatic heterocycles. The van der Waals surface area contributed by atoms with Crippen LogP contribution in [0.4, 0.5) is 0 Å². The van der Waals surface area contributed by atoms with Gasteiger partial charge in [-0.1, -0.05) is 108 Å². The minimum Gasteiger partial charge on any atom is -0.0766 e. The van der Waals surface area contributed by atoms with Gasteiger partial charge in [0, 0.05) is 5.30 Å². The van der Waals surface area contributed by atoms with Gasteiger partial charge in [0.1, 0.15) is 0 Å². The first-order chi connectivity index (χ1) is 10.4. The van der Waals surface area contributed by atoms with E-state index in [0.717, 1.165) is 0 Å². The molecule has 0 spiro atoms. The fourth-order valence-corrected chi connectivity index (χ4v) is 5.75. The zero-order chi connectivity index (χ0) is 19.1. The van der Waals surface area contributed by atoms with Crippen molar-refractivity contribution in [2.75, 3.05) is 0 Å². The lowest BCUT2D eigenvalue weighted by Crippen LogP contribution is -2.30. The zero-order valence-corrected chi connectivity index (χ0v) is 20.1. The molecule has 1 aromatic carbocycles. The Morgan fingerprint density at radius 1 is 0.708 bits per heavy atom. The van der Waals surface area contributed by atoms with Crippen LogP contribution in [0.2, 0.25) is 19.6 Å². The molecule has 2 heteroatoms. The molecule has 136 valence electrons. The molecule has 0 aliphatic rings. The Bertz CT molecular complexity index is 576. The second kappa shape index (κ2) is 6.73. The molecule has 0 aromatic heterocycles. The van der Waals surface area contributed by atoms with E-state index in [1.54, 1.807) is 5.30 Å². The van der Waals surface area contributed by atoms with Crippen molar-refractivity contribution >= 4 is 27.0 Å². The Labute approximate surface area is 154 Å². The molecule has 0 amide bonds. The third-order valence-electron chi connectivity index (χ3n) is 4.17. The molecule has 0 saturated heterocycles. The first-order valence-corrected chi connectivity index (χ1v) is 13.7. The summed E-state index contributed by atoms with van der Waals surface area (Å²) in [5, 5.41) is 1.55. The number of hydrogen-bond donors (Lipinski definition) is 0. The van der Waals surface area contributed by atoms with Crippen molar-refractivity contribution in [1.29, 1.82) is 0 Å². The lowest BCUT2D eigenvalue weighted by Gasteiger charge is -2.32. The van der Waals surface area contributed by atoms with Gasteiger partial charge in [0.05, 0.1) is 8.07 Å². The van der Waals surface area contributed by atoms with E-state index < -0.39 is 8.07 Å². The van der Waals surface area contributed by atoms with E-state index in [9.17, 15) is 0 Å². The molecule has 0 bridgehead atoms. The van der Waals surface area contributed by atoms with Crippen molar-refractivity contribution in [3.05, 3.63) is 28.8 Å². The molecule has 24 heavy (non-hydrogen) atoms. The Hall–Kier alpha value is -0.393. The van der Waals surface area contributed by atoms with E-state index in [1.165, 1.54) is 24.9 Å². The van der Waals surface area contributed by atoms with Crippen LogP contribution in [0.1, 0.15) is 79.0 Å². The molecular formula is C22H39PSi. The summed E-state index contributed by atoms with van der Waals surface area (Å²) in [5.74, 6) is 0. The molecular weight excluding hydrogens is 323 g/mol. The smallest absolute Gasteiger partial charge is 0.0741 e.